The minimum atomic E-state index is 0.950. The van der Waals surface area contributed by atoms with Crippen molar-refractivity contribution < 1.29 is 8.83 Å². The summed E-state index contributed by atoms with van der Waals surface area (Å²) in [7, 11) is 0. The first-order valence-electron chi connectivity index (χ1n) is 8.85. The second-order valence-corrected chi connectivity index (χ2v) is 7.13. The first kappa shape index (κ1) is 14.0. The van der Waals surface area contributed by atoms with E-state index in [1.165, 1.54) is 54.2 Å². The second-order valence-electron chi connectivity index (χ2n) is 7.13. The lowest BCUT2D eigenvalue weighted by molar-refractivity contribution is 0.613. The van der Waals surface area contributed by atoms with E-state index in [1.807, 2.05) is 12.5 Å². The predicted octanol–water partition coefficient (Wildman–Crippen LogP) is 7.26. The Morgan fingerprint density at radius 2 is 0.808 bits per heavy atom. The maximum Gasteiger partial charge on any atom is 0.134 e. The smallest absolute Gasteiger partial charge is 0.134 e. The number of rotatable bonds is 0. The van der Waals surface area contributed by atoms with E-state index in [9.17, 15) is 0 Å². The Bertz CT molecular complexity index is 1380. The zero-order valence-electron chi connectivity index (χ0n) is 14.6. The summed E-state index contributed by atoms with van der Waals surface area (Å²) in [6.07, 6.45) is 3.68. The zero-order chi connectivity index (χ0) is 17.4. The van der Waals surface area contributed by atoms with Crippen LogP contribution in [0.5, 0.6) is 0 Å². The molecule has 26 heavy (non-hydrogen) atoms. The normalized spacial score (nSPS) is 12.2. The van der Waals surface area contributed by atoms with Gasteiger partial charge in [0, 0.05) is 10.8 Å². The van der Waals surface area contributed by atoms with E-state index in [2.05, 4.69) is 62.4 Å². The van der Waals surface area contributed by atoms with Crippen LogP contribution in [0.2, 0.25) is 0 Å². The molecule has 0 unspecified atom stereocenters. The summed E-state index contributed by atoms with van der Waals surface area (Å²) in [6.45, 7) is 4.21. The molecule has 0 aliphatic carbocycles. The summed E-state index contributed by atoms with van der Waals surface area (Å²) in [5.41, 5.74) is 4.26. The van der Waals surface area contributed by atoms with Gasteiger partial charge in [0.15, 0.2) is 0 Å². The molecule has 0 fully saturated rings. The molecule has 6 rings (SSSR count). The predicted molar refractivity (Wildman–Crippen MR) is 108 cm³/mol. The molecule has 0 atom stereocenters. The molecule has 6 aromatic rings. The monoisotopic (exact) mass is 336 g/mol. The Kier molecular flexibility index (Phi) is 2.51. The van der Waals surface area contributed by atoms with Gasteiger partial charge < -0.3 is 8.83 Å². The molecule has 0 radical (unpaired) electrons. The molecular formula is C24H16O2. The molecule has 0 spiro atoms. The molecule has 0 bridgehead atoms. The van der Waals surface area contributed by atoms with Gasteiger partial charge in [-0.2, -0.15) is 0 Å². The second kappa shape index (κ2) is 4.67. The average Bonchev–Trinajstić information content (AvgIpc) is 3.24. The minimum Gasteiger partial charge on any atom is -0.464 e. The molecule has 0 N–H and O–H groups in total. The van der Waals surface area contributed by atoms with Crippen LogP contribution in [0.15, 0.2) is 69.9 Å². The van der Waals surface area contributed by atoms with E-state index in [0.717, 1.165) is 11.2 Å². The van der Waals surface area contributed by atoms with Crippen LogP contribution in [0.3, 0.4) is 0 Å². The van der Waals surface area contributed by atoms with Crippen molar-refractivity contribution >= 4 is 54.3 Å². The van der Waals surface area contributed by atoms with Crippen LogP contribution in [0.4, 0.5) is 0 Å². The van der Waals surface area contributed by atoms with Crippen LogP contribution in [-0.4, -0.2) is 0 Å². The van der Waals surface area contributed by atoms with Gasteiger partial charge in [-0.05, 0) is 69.4 Å². The number of fused-ring (bicyclic) bond motifs is 9. The average molecular weight is 336 g/mol. The lowest BCUT2D eigenvalue weighted by Gasteiger charge is -2.09. The van der Waals surface area contributed by atoms with Gasteiger partial charge in [0.2, 0.25) is 0 Å². The summed E-state index contributed by atoms with van der Waals surface area (Å²) in [5, 5.41) is 10.0. The van der Waals surface area contributed by atoms with Crippen molar-refractivity contribution in [1.82, 2.24) is 0 Å². The van der Waals surface area contributed by atoms with E-state index in [1.54, 1.807) is 0 Å². The number of hydrogen-bond donors (Lipinski definition) is 0. The standard InChI is InChI=1S/C24H16O2/c1-13-11-25-21-9-7-17-15-4-6-20-18(16(15)3-5-19(17)23(13)21)8-10-22-24(20)14(2)12-26-22/h3-12H,1-2H3. The van der Waals surface area contributed by atoms with Crippen molar-refractivity contribution in [2.75, 3.05) is 0 Å². The van der Waals surface area contributed by atoms with Gasteiger partial charge in [-0.25, -0.2) is 0 Å². The summed E-state index contributed by atoms with van der Waals surface area (Å²) >= 11 is 0. The number of benzene rings is 4. The maximum atomic E-state index is 5.68. The van der Waals surface area contributed by atoms with Gasteiger partial charge in [0.05, 0.1) is 12.5 Å². The Morgan fingerprint density at radius 1 is 0.462 bits per heavy atom. The lowest BCUT2D eigenvalue weighted by atomic mass is 9.93. The Labute approximate surface area is 149 Å². The van der Waals surface area contributed by atoms with Gasteiger partial charge in [0.1, 0.15) is 11.2 Å². The third-order valence-electron chi connectivity index (χ3n) is 5.63. The fraction of sp³-hybridized carbons (Fsp3) is 0.0833. The van der Waals surface area contributed by atoms with Crippen LogP contribution in [0.1, 0.15) is 11.1 Å². The topological polar surface area (TPSA) is 26.3 Å². The number of hydrogen-bond acceptors (Lipinski definition) is 2. The third-order valence-corrected chi connectivity index (χ3v) is 5.63. The SMILES string of the molecule is Cc1coc2ccc3c4ccc5c(ccc6occ(C)c65)c4ccc3c12. The van der Waals surface area contributed by atoms with E-state index < -0.39 is 0 Å². The molecule has 2 heteroatoms. The van der Waals surface area contributed by atoms with Gasteiger partial charge in [-0.1, -0.05) is 36.4 Å². The summed E-state index contributed by atoms with van der Waals surface area (Å²) in [5.74, 6) is 0. The van der Waals surface area contributed by atoms with Crippen molar-refractivity contribution in [3.05, 3.63) is 72.2 Å². The molecule has 0 saturated carbocycles. The van der Waals surface area contributed by atoms with Gasteiger partial charge in [0.25, 0.3) is 0 Å². The molecule has 124 valence electrons. The molecule has 2 nitrogen and oxygen atoms in total. The summed E-state index contributed by atoms with van der Waals surface area (Å²) in [4.78, 5) is 0. The minimum absolute atomic E-state index is 0.950. The molecule has 4 aromatic carbocycles. The molecular weight excluding hydrogens is 320 g/mol. The van der Waals surface area contributed by atoms with Crippen LogP contribution in [0.25, 0.3) is 54.3 Å². The van der Waals surface area contributed by atoms with Gasteiger partial charge in [-0.3, -0.25) is 0 Å². The van der Waals surface area contributed by atoms with E-state index in [-0.39, 0.29) is 0 Å². The highest BCUT2D eigenvalue weighted by atomic mass is 16.3. The van der Waals surface area contributed by atoms with Crippen molar-refractivity contribution in [2.24, 2.45) is 0 Å². The van der Waals surface area contributed by atoms with E-state index >= 15 is 0 Å². The first-order valence-corrected chi connectivity index (χ1v) is 8.85. The van der Waals surface area contributed by atoms with Crippen molar-refractivity contribution in [1.29, 1.82) is 0 Å². The molecule has 0 aliphatic rings. The summed E-state index contributed by atoms with van der Waals surface area (Å²) < 4.78 is 11.4. The third kappa shape index (κ3) is 1.62. The maximum absolute atomic E-state index is 5.68. The molecule has 0 aliphatic heterocycles. The molecule has 2 aromatic heterocycles. The fourth-order valence-corrected chi connectivity index (χ4v) is 4.43. The van der Waals surface area contributed by atoms with Crippen LogP contribution >= 0.6 is 0 Å². The van der Waals surface area contributed by atoms with Crippen LogP contribution in [0, 0.1) is 13.8 Å². The molecule has 0 amide bonds. The molecule has 2 heterocycles. The Balaban J connectivity index is 1.84. The quantitative estimate of drug-likeness (QED) is 0.273. The fourth-order valence-electron chi connectivity index (χ4n) is 4.43. The largest absolute Gasteiger partial charge is 0.464 e. The van der Waals surface area contributed by atoms with Crippen molar-refractivity contribution in [3.8, 4) is 0 Å². The van der Waals surface area contributed by atoms with Gasteiger partial charge in [-0.15, -0.1) is 0 Å². The van der Waals surface area contributed by atoms with E-state index in [4.69, 9.17) is 8.83 Å². The molecule has 0 saturated heterocycles. The Morgan fingerprint density at radius 3 is 1.27 bits per heavy atom. The van der Waals surface area contributed by atoms with E-state index in [0.29, 0.717) is 0 Å². The van der Waals surface area contributed by atoms with Crippen molar-refractivity contribution in [3.63, 3.8) is 0 Å². The van der Waals surface area contributed by atoms with Crippen molar-refractivity contribution in [2.45, 2.75) is 13.8 Å². The first-order chi connectivity index (χ1) is 12.7. The number of aryl methyl sites for hydroxylation is 2. The van der Waals surface area contributed by atoms with Crippen LogP contribution in [-0.2, 0) is 0 Å². The van der Waals surface area contributed by atoms with Crippen LogP contribution < -0.4 is 0 Å². The zero-order valence-corrected chi connectivity index (χ0v) is 14.6. The summed E-state index contributed by atoms with van der Waals surface area (Å²) in [6, 6.07) is 17.5. The highest BCUT2D eigenvalue weighted by molar-refractivity contribution is 6.24. The lowest BCUT2D eigenvalue weighted by Crippen LogP contribution is -1.83. The Hall–Kier alpha value is -3.26. The highest BCUT2D eigenvalue weighted by Crippen LogP contribution is 2.38. The van der Waals surface area contributed by atoms with Gasteiger partial charge >= 0.3 is 0 Å². The number of furan rings is 2. The highest BCUT2D eigenvalue weighted by Gasteiger charge is 2.13.